The second-order valence-electron chi connectivity index (χ2n) is 5.16. The van der Waals surface area contributed by atoms with Gasteiger partial charge >= 0.3 is 0 Å². The Kier molecular flexibility index (Phi) is 5.76. The van der Waals surface area contributed by atoms with Crippen molar-refractivity contribution in [1.82, 2.24) is 15.2 Å². The number of rotatable bonds is 6. The number of nitrogens with one attached hydrogen (secondary N) is 2. The van der Waals surface area contributed by atoms with Crippen LogP contribution in [-0.4, -0.2) is 21.9 Å². The zero-order valence-corrected chi connectivity index (χ0v) is 13.9. The molecule has 23 heavy (non-hydrogen) atoms. The van der Waals surface area contributed by atoms with Gasteiger partial charge in [0.15, 0.2) is 0 Å². The summed E-state index contributed by atoms with van der Waals surface area (Å²) in [6.45, 7) is 3.78. The first kappa shape index (κ1) is 17.0. The Morgan fingerprint density at radius 3 is 2.74 bits per heavy atom. The number of hydrazone groups is 1. The molecule has 0 atom stereocenters. The predicted octanol–water partition coefficient (Wildman–Crippen LogP) is 2.77. The van der Waals surface area contributed by atoms with Gasteiger partial charge in [0.05, 0.1) is 17.5 Å². The van der Waals surface area contributed by atoms with Gasteiger partial charge in [-0.25, -0.2) is 10.1 Å². The van der Waals surface area contributed by atoms with Crippen LogP contribution in [0.1, 0.15) is 37.4 Å². The quantitative estimate of drug-likeness (QED) is 0.629. The average molecular weight is 335 g/mol. The number of halogens is 1. The molecule has 0 saturated carbocycles. The van der Waals surface area contributed by atoms with Gasteiger partial charge in [0, 0.05) is 17.1 Å². The number of H-pyrrole nitrogens is 1. The lowest BCUT2D eigenvalue weighted by Gasteiger charge is -2.00. The highest BCUT2D eigenvalue weighted by molar-refractivity contribution is 6.30. The molecule has 0 aliphatic heterocycles. The van der Waals surface area contributed by atoms with E-state index in [1.165, 1.54) is 10.9 Å². The lowest BCUT2D eigenvalue weighted by molar-refractivity contribution is -0.121. The Labute approximate surface area is 139 Å². The van der Waals surface area contributed by atoms with E-state index in [0.717, 1.165) is 12.8 Å². The monoisotopic (exact) mass is 334 g/mol. The number of aromatic nitrogens is 2. The maximum atomic E-state index is 12.4. The van der Waals surface area contributed by atoms with Gasteiger partial charge in [-0.2, -0.15) is 5.10 Å². The fourth-order valence-electron chi connectivity index (χ4n) is 2.05. The van der Waals surface area contributed by atoms with Crippen molar-refractivity contribution in [3.63, 3.8) is 0 Å². The molecule has 6 nitrogen and oxygen atoms in total. The van der Waals surface area contributed by atoms with Gasteiger partial charge in [-0.1, -0.05) is 24.9 Å². The maximum absolute atomic E-state index is 12.4. The number of aryl methyl sites for hydroxylation is 1. The Bertz CT molecular complexity index is 759. The van der Waals surface area contributed by atoms with Gasteiger partial charge in [0.2, 0.25) is 5.91 Å². The number of nitrogens with zero attached hydrogens (tertiary/aromatic N) is 2. The summed E-state index contributed by atoms with van der Waals surface area (Å²) in [5, 5.41) is 7.44. The second-order valence-corrected chi connectivity index (χ2v) is 5.60. The van der Waals surface area contributed by atoms with Gasteiger partial charge in [-0.15, -0.1) is 0 Å². The molecule has 0 aliphatic carbocycles. The molecule has 1 heterocycles. The van der Waals surface area contributed by atoms with E-state index in [0.29, 0.717) is 28.4 Å². The van der Waals surface area contributed by atoms with Crippen molar-refractivity contribution < 1.29 is 4.79 Å². The molecule has 2 rings (SSSR count). The van der Waals surface area contributed by atoms with Crippen LogP contribution in [-0.2, 0) is 4.79 Å². The summed E-state index contributed by atoms with van der Waals surface area (Å²) in [5.41, 5.74) is 3.93. The SMILES string of the molecule is CCCCC(=O)N/N=C/c1c(C)[nH]n(-c2ccc(Cl)cc2)c1=O. The average Bonchev–Trinajstić information content (AvgIpc) is 2.81. The molecule has 1 aromatic carbocycles. The van der Waals surface area contributed by atoms with Crippen molar-refractivity contribution in [3.05, 3.63) is 50.9 Å². The first-order valence-corrected chi connectivity index (χ1v) is 7.80. The van der Waals surface area contributed by atoms with E-state index >= 15 is 0 Å². The van der Waals surface area contributed by atoms with Gasteiger partial charge in [-0.3, -0.25) is 14.7 Å². The second kappa shape index (κ2) is 7.78. The maximum Gasteiger partial charge on any atom is 0.280 e. The van der Waals surface area contributed by atoms with E-state index in [-0.39, 0.29) is 11.5 Å². The molecule has 0 saturated heterocycles. The Hall–Kier alpha value is -2.34. The summed E-state index contributed by atoms with van der Waals surface area (Å²) in [6, 6.07) is 6.91. The lowest BCUT2D eigenvalue weighted by Crippen LogP contribution is -2.19. The van der Waals surface area contributed by atoms with Crippen LogP contribution >= 0.6 is 11.6 Å². The highest BCUT2D eigenvalue weighted by atomic mass is 35.5. The van der Waals surface area contributed by atoms with Gasteiger partial charge < -0.3 is 0 Å². The third-order valence-corrected chi connectivity index (χ3v) is 3.59. The van der Waals surface area contributed by atoms with Crippen molar-refractivity contribution in [2.45, 2.75) is 33.1 Å². The highest BCUT2D eigenvalue weighted by Gasteiger charge is 2.10. The number of unbranched alkanes of at least 4 members (excludes halogenated alkanes) is 1. The van der Waals surface area contributed by atoms with Crippen LogP contribution in [0, 0.1) is 6.92 Å². The van der Waals surface area contributed by atoms with Crippen LogP contribution in [0.3, 0.4) is 0 Å². The summed E-state index contributed by atoms with van der Waals surface area (Å²) in [5.74, 6) is -0.158. The van der Waals surface area contributed by atoms with Gasteiger partial charge in [0.25, 0.3) is 5.56 Å². The number of amides is 1. The molecule has 122 valence electrons. The van der Waals surface area contributed by atoms with Crippen molar-refractivity contribution in [1.29, 1.82) is 0 Å². The minimum atomic E-state index is -0.239. The molecular formula is C16H19ClN4O2. The van der Waals surface area contributed by atoms with Crippen LogP contribution in [0.25, 0.3) is 5.69 Å². The number of carbonyl (C=O) groups is 1. The molecule has 7 heteroatoms. The normalized spacial score (nSPS) is 11.1. The zero-order chi connectivity index (χ0) is 16.8. The zero-order valence-electron chi connectivity index (χ0n) is 13.1. The number of aromatic amines is 1. The van der Waals surface area contributed by atoms with E-state index in [9.17, 15) is 9.59 Å². The Morgan fingerprint density at radius 1 is 1.39 bits per heavy atom. The van der Waals surface area contributed by atoms with E-state index in [4.69, 9.17) is 11.6 Å². The number of hydrogen-bond acceptors (Lipinski definition) is 3. The van der Waals surface area contributed by atoms with E-state index in [1.54, 1.807) is 31.2 Å². The summed E-state index contributed by atoms with van der Waals surface area (Å²) < 4.78 is 1.41. The standard InChI is InChI=1S/C16H19ClN4O2/c1-3-4-5-15(22)19-18-10-14-11(2)20-21(16(14)23)13-8-6-12(17)7-9-13/h6-10,20H,3-5H2,1-2H3,(H,19,22)/b18-10+. The molecule has 0 aliphatic rings. The summed E-state index contributed by atoms with van der Waals surface area (Å²) >= 11 is 5.85. The van der Waals surface area contributed by atoms with Crippen molar-refractivity contribution in [2.24, 2.45) is 5.10 Å². The minimum Gasteiger partial charge on any atom is -0.295 e. The summed E-state index contributed by atoms with van der Waals surface area (Å²) in [6.07, 6.45) is 3.55. The molecule has 2 N–H and O–H groups in total. The molecule has 1 amide bonds. The number of carbonyl (C=O) groups excluding carboxylic acids is 1. The molecule has 0 bridgehead atoms. The number of benzene rings is 1. The van der Waals surface area contributed by atoms with Crippen LogP contribution in [0.5, 0.6) is 0 Å². The predicted molar refractivity (Wildman–Crippen MR) is 91.4 cm³/mol. The Morgan fingerprint density at radius 2 is 2.09 bits per heavy atom. The molecule has 0 unspecified atom stereocenters. The molecule has 1 aromatic heterocycles. The van der Waals surface area contributed by atoms with Gasteiger partial charge in [0.1, 0.15) is 0 Å². The van der Waals surface area contributed by atoms with Gasteiger partial charge in [-0.05, 0) is 37.6 Å². The smallest absolute Gasteiger partial charge is 0.280 e. The Balaban J connectivity index is 2.16. The molecule has 2 aromatic rings. The molecule has 0 spiro atoms. The van der Waals surface area contributed by atoms with Crippen LogP contribution in [0.2, 0.25) is 5.02 Å². The van der Waals surface area contributed by atoms with Crippen molar-refractivity contribution in [3.8, 4) is 5.69 Å². The first-order valence-electron chi connectivity index (χ1n) is 7.42. The fraction of sp³-hybridized carbons (Fsp3) is 0.312. The molecular weight excluding hydrogens is 316 g/mol. The minimum absolute atomic E-state index is 0.158. The topological polar surface area (TPSA) is 79.2 Å². The largest absolute Gasteiger partial charge is 0.295 e. The third-order valence-electron chi connectivity index (χ3n) is 3.34. The van der Waals surface area contributed by atoms with E-state index in [1.807, 2.05) is 6.92 Å². The fourth-order valence-corrected chi connectivity index (χ4v) is 2.17. The van der Waals surface area contributed by atoms with E-state index in [2.05, 4.69) is 15.6 Å². The highest BCUT2D eigenvalue weighted by Crippen LogP contribution is 2.12. The summed E-state index contributed by atoms with van der Waals surface area (Å²) in [4.78, 5) is 23.9. The van der Waals surface area contributed by atoms with Crippen LogP contribution in [0.4, 0.5) is 0 Å². The molecule has 0 fully saturated rings. The van der Waals surface area contributed by atoms with Crippen molar-refractivity contribution >= 4 is 23.7 Å². The van der Waals surface area contributed by atoms with Crippen LogP contribution in [0.15, 0.2) is 34.2 Å². The first-order chi connectivity index (χ1) is 11.0. The van der Waals surface area contributed by atoms with Crippen molar-refractivity contribution in [2.75, 3.05) is 0 Å². The lowest BCUT2D eigenvalue weighted by atomic mass is 10.2. The third kappa shape index (κ3) is 4.32. The van der Waals surface area contributed by atoms with Crippen LogP contribution < -0.4 is 11.0 Å². The van der Waals surface area contributed by atoms with E-state index < -0.39 is 0 Å². The number of hydrogen-bond donors (Lipinski definition) is 2. The molecule has 0 radical (unpaired) electrons. The summed E-state index contributed by atoms with van der Waals surface area (Å²) in [7, 11) is 0.